The van der Waals surface area contributed by atoms with Gasteiger partial charge in [-0.15, -0.1) is 0 Å². The van der Waals surface area contributed by atoms with Gasteiger partial charge in [0.2, 0.25) is 25.1 Å². The Morgan fingerprint density at radius 1 is 0.434 bits per heavy atom. The quantitative estimate of drug-likeness (QED) is 0.136. The van der Waals surface area contributed by atoms with Gasteiger partial charge in [0.05, 0.1) is 14.2 Å². The molecule has 6 nitrogen and oxygen atoms in total. The highest BCUT2D eigenvalue weighted by molar-refractivity contribution is 7.80. The molecular formula is C45H42O6P2. The zero-order valence-corrected chi connectivity index (χ0v) is 32.6. The lowest BCUT2D eigenvalue weighted by Crippen LogP contribution is -2.27. The Balaban J connectivity index is 1.41. The summed E-state index contributed by atoms with van der Waals surface area (Å²) in [5.74, 6) is 3.97. The summed E-state index contributed by atoms with van der Waals surface area (Å²) in [5, 5.41) is 7.21. The molecule has 0 N–H and O–H groups in total. The van der Waals surface area contributed by atoms with Gasteiger partial charge in [-0.1, -0.05) is 119 Å². The van der Waals surface area contributed by atoms with Crippen molar-refractivity contribution in [2.45, 2.75) is 34.1 Å². The Bertz CT molecular complexity index is 2010. The smallest absolute Gasteiger partial charge is 0.231 e. The summed E-state index contributed by atoms with van der Waals surface area (Å²) < 4.78 is 37.1. The van der Waals surface area contributed by atoms with E-state index >= 15 is 0 Å². The normalized spacial score (nSPS) is 12.8. The van der Waals surface area contributed by atoms with Crippen LogP contribution in [-0.2, 0) is 6.42 Å². The fourth-order valence-corrected chi connectivity index (χ4v) is 11.9. The highest BCUT2D eigenvalue weighted by Gasteiger charge is 2.35. The van der Waals surface area contributed by atoms with Crippen molar-refractivity contribution in [3.63, 3.8) is 0 Å². The third kappa shape index (κ3) is 6.71. The van der Waals surface area contributed by atoms with Crippen molar-refractivity contribution in [3.05, 3.63) is 143 Å². The maximum atomic E-state index is 6.42. The Kier molecular flexibility index (Phi) is 9.77. The second kappa shape index (κ2) is 14.8. The van der Waals surface area contributed by atoms with Gasteiger partial charge in [-0.05, 0) is 87.5 Å². The molecule has 0 bridgehead atoms. The molecule has 0 radical (unpaired) electrons. The van der Waals surface area contributed by atoms with E-state index in [4.69, 9.17) is 28.4 Å². The molecule has 0 saturated carbocycles. The fourth-order valence-electron chi connectivity index (χ4n) is 7.01. The zero-order valence-electron chi connectivity index (χ0n) is 30.9. The van der Waals surface area contributed by atoms with Gasteiger partial charge in [-0.3, -0.25) is 0 Å². The number of aryl methyl sites for hydroxylation is 4. The van der Waals surface area contributed by atoms with E-state index in [1.54, 1.807) is 14.2 Å². The van der Waals surface area contributed by atoms with Gasteiger partial charge >= 0.3 is 0 Å². The van der Waals surface area contributed by atoms with Crippen LogP contribution >= 0.6 is 15.8 Å². The van der Waals surface area contributed by atoms with Crippen molar-refractivity contribution in [1.29, 1.82) is 0 Å². The van der Waals surface area contributed by atoms with Gasteiger partial charge < -0.3 is 28.4 Å². The largest absolute Gasteiger partial charge is 0.493 e. The van der Waals surface area contributed by atoms with Crippen molar-refractivity contribution in [2.24, 2.45) is 0 Å². The SMILES string of the molecule is COc1cc(P(c2ccc(C)cc2)c2ccc(C)cc2)c(Cc2c(P(c3ccc(C)cc3)c3ccc(C)cc3)cc(OC)c3c2OCO3)c2c1OCO2. The van der Waals surface area contributed by atoms with Crippen molar-refractivity contribution >= 4 is 47.7 Å². The highest BCUT2D eigenvalue weighted by atomic mass is 31.1. The van der Waals surface area contributed by atoms with E-state index in [0.29, 0.717) is 40.9 Å². The van der Waals surface area contributed by atoms with Crippen LogP contribution < -0.4 is 60.2 Å². The monoisotopic (exact) mass is 740 g/mol. The molecule has 0 amide bonds. The van der Waals surface area contributed by atoms with Crippen LogP contribution in [0.5, 0.6) is 34.5 Å². The van der Waals surface area contributed by atoms with Crippen LogP contribution in [0.1, 0.15) is 33.4 Å². The van der Waals surface area contributed by atoms with E-state index in [-0.39, 0.29) is 13.6 Å². The maximum Gasteiger partial charge on any atom is 0.231 e. The van der Waals surface area contributed by atoms with E-state index in [9.17, 15) is 0 Å². The summed E-state index contributed by atoms with van der Waals surface area (Å²) >= 11 is 0. The zero-order chi connectivity index (χ0) is 36.6. The minimum Gasteiger partial charge on any atom is -0.493 e. The Hall–Kier alpha value is -5.02. The molecule has 53 heavy (non-hydrogen) atoms. The fraction of sp³-hybridized carbons (Fsp3) is 0.200. The van der Waals surface area contributed by atoms with Gasteiger partial charge in [-0.2, -0.15) is 0 Å². The van der Waals surface area contributed by atoms with Crippen molar-refractivity contribution in [1.82, 2.24) is 0 Å². The molecule has 268 valence electrons. The number of rotatable bonds is 10. The Morgan fingerprint density at radius 2 is 0.717 bits per heavy atom. The average molecular weight is 741 g/mol. The molecule has 2 aliphatic rings. The molecule has 0 unspecified atom stereocenters. The molecule has 0 atom stereocenters. The van der Waals surface area contributed by atoms with Crippen LogP contribution in [0.25, 0.3) is 0 Å². The van der Waals surface area contributed by atoms with E-state index in [2.05, 4.69) is 137 Å². The molecule has 6 aromatic rings. The first-order valence-electron chi connectivity index (χ1n) is 17.7. The van der Waals surface area contributed by atoms with Gasteiger partial charge in [-0.25, -0.2) is 0 Å². The van der Waals surface area contributed by atoms with Crippen molar-refractivity contribution in [3.8, 4) is 34.5 Å². The van der Waals surface area contributed by atoms with Crippen LogP contribution in [0.3, 0.4) is 0 Å². The number of methoxy groups -OCH3 is 2. The molecule has 8 rings (SSSR count). The first kappa shape index (κ1) is 35.0. The van der Waals surface area contributed by atoms with Gasteiger partial charge in [0.15, 0.2) is 23.0 Å². The van der Waals surface area contributed by atoms with Gasteiger partial charge in [0, 0.05) is 17.5 Å². The van der Waals surface area contributed by atoms with E-state index < -0.39 is 15.8 Å². The molecular weight excluding hydrogens is 698 g/mol. The van der Waals surface area contributed by atoms with Crippen LogP contribution in [0, 0.1) is 27.7 Å². The van der Waals surface area contributed by atoms with Gasteiger partial charge in [0.25, 0.3) is 0 Å². The topological polar surface area (TPSA) is 55.4 Å². The lowest BCUT2D eigenvalue weighted by Gasteiger charge is -2.27. The minimum absolute atomic E-state index is 0.113. The summed E-state index contributed by atoms with van der Waals surface area (Å²) in [7, 11) is 1.27. The van der Waals surface area contributed by atoms with E-state index in [1.807, 2.05) is 0 Å². The average Bonchev–Trinajstić information content (AvgIpc) is 3.87. The molecule has 0 spiro atoms. The molecule has 6 aromatic carbocycles. The highest BCUT2D eigenvalue weighted by Crippen LogP contribution is 2.52. The molecule has 2 heterocycles. The third-order valence-corrected chi connectivity index (χ3v) is 14.8. The summed E-state index contributed by atoms with van der Waals surface area (Å²) in [5.41, 5.74) is 6.94. The number of benzene rings is 6. The van der Waals surface area contributed by atoms with Crippen LogP contribution in [0.15, 0.2) is 109 Å². The maximum absolute atomic E-state index is 6.42. The van der Waals surface area contributed by atoms with Crippen molar-refractivity contribution in [2.75, 3.05) is 27.8 Å². The lowest BCUT2D eigenvalue weighted by molar-refractivity contribution is 0.170. The first-order chi connectivity index (χ1) is 25.8. The number of fused-ring (bicyclic) bond motifs is 2. The first-order valence-corrected chi connectivity index (χ1v) is 20.4. The molecule has 2 aliphatic heterocycles. The van der Waals surface area contributed by atoms with Crippen LogP contribution in [-0.4, -0.2) is 27.8 Å². The standard InChI is InChI=1S/C45H42O6P2/c1-28-7-15-32(16-8-28)52(33-17-9-29(2)10-18-33)40-24-38(46-5)44-42(48-26-50-44)36(40)23-37-41(25-39(47-6)45-43(37)49-27-51-45)53(34-19-11-30(3)12-20-34)35-21-13-31(4)14-22-35/h7-22,24-25H,23,26-27H2,1-6H3. The number of hydrogen-bond donors (Lipinski definition) is 0. The van der Waals surface area contributed by atoms with Crippen LogP contribution in [0.2, 0.25) is 0 Å². The molecule has 8 heteroatoms. The summed E-state index contributed by atoms with van der Waals surface area (Å²) in [6.45, 7) is 8.73. The number of hydrogen-bond acceptors (Lipinski definition) is 6. The lowest BCUT2D eigenvalue weighted by atomic mass is 10.0. The minimum atomic E-state index is -1.06. The van der Waals surface area contributed by atoms with Crippen LogP contribution in [0.4, 0.5) is 0 Å². The second-order valence-electron chi connectivity index (χ2n) is 13.5. The second-order valence-corrected chi connectivity index (χ2v) is 17.8. The Labute approximate surface area is 314 Å². The van der Waals surface area contributed by atoms with E-state index in [1.165, 1.54) is 43.5 Å². The third-order valence-electron chi connectivity index (χ3n) is 9.82. The molecule has 0 fully saturated rings. The Morgan fingerprint density at radius 3 is 1.00 bits per heavy atom. The summed E-state index contributed by atoms with van der Waals surface area (Å²) in [4.78, 5) is 0. The predicted octanol–water partition coefficient (Wildman–Crippen LogP) is 7.50. The van der Waals surface area contributed by atoms with Crippen molar-refractivity contribution < 1.29 is 28.4 Å². The summed E-state index contributed by atoms with van der Waals surface area (Å²) in [6, 6.07) is 39.9. The van der Waals surface area contributed by atoms with E-state index in [0.717, 1.165) is 21.7 Å². The molecule has 0 aromatic heterocycles. The number of ether oxygens (including phenoxy) is 6. The summed E-state index contributed by atoms with van der Waals surface area (Å²) in [6.07, 6.45) is 0.503. The van der Waals surface area contributed by atoms with Gasteiger partial charge in [0.1, 0.15) is 0 Å². The molecule has 0 saturated heterocycles. The predicted molar refractivity (Wildman–Crippen MR) is 217 cm³/mol. The molecule has 0 aliphatic carbocycles.